The number of halogens is 1. The normalized spacial score (nSPS) is 20.0. The molecule has 7 heteroatoms. The highest BCUT2D eigenvalue weighted by Gasteiger charge is 2.27. The molecule has 0 aliphatic carbocycles. The summed E-state index contributed by atoms with van der Waals surface area (Å²) in [6, 6.07) is 14.5. The van der Waals surface area contributed by atoms with Crippen molar-refractivity contribution in [3.8, 4) is 5.75 Å². The maximum Gasteiger partial charge on any atom is 0.228 e. The van der Waals surface area contributed by atoms with Gasteiger partial charge in [0.25, 0.3) is 0 Å². The summed E-state index contributed by atoms with van der Waals surface area (Å²) < 4.78 is 19.4. The van der Waals surface area contributed by atoms with Crippen LogP contribution in [0.25, 0.3) is 0 Å². The zero-order chi connectivity index (χ0) is 28.3. The van der Waals surface area contributed by atoms with E-state index >= 15 is 0 Å². The minimum absolute atomic E-state index is 0.0298. The average molecular weight is 554 g/mol. The molecule has 2 atom stereocenters. The van der Waals surface area contributed by atoms with Crippen molar-refractivity contribution in [3.63, 3.8) is 0 Å². The minimum Gasteiger partial charge on any atom is -0.493 e. The summed E-state index contributed by atoms with van der Waals surface area (Å²) in [6.45, 7) is 11.5. The van der Waals surface area contributed by atoms with Crippen molar-refractivity contribution in [1.29, 1.82) is 0 Å². The van der Waals surface area contributed by atoms with Crippen LogP contribution in [0.4, 0.5) is 4.39 Å². The van der Waals surface area contributed by atoms with Crippen LogP contribution in [-0.2, 0) is 11.2 Å². The van der Waals surface area contributed by atoms with Crippen molar-refractivity contribution < 1.29 is 19.0 Å². The number of hydrogen-bond acceptors (Lipinski definition) is 5. The van der Waals surface area contributed by atoms with Crippen molar-refractivity contribution in [3.05, 3.63) is 65.5 Å². The Labute approximate surface area is 239 Å². The summed E-state index contributed by atoms with van der Waals surface area (Å²) in [6.07, 6.45) is 5.90. The first kappa shape index (κ1) is 30.5. The molecule has 220 valence electrons. The summed E-state index contributed by atoms with van der Waals surface area (Å²) >= 11 is 0. The van der Waals surface area contributed by atoms with E-state index in [9.17, 15) is 14.3 Å². The summed E-state index contributed by atoms with van der Waals surface area (Å²) in [4.78, 5) is 18.6. The molecular weight excluding hydrogens is 505 g/mol. The van der Waals surface area contributed by atoms with E-state index in [1.54, 1.807) is 12.1 Å². The second kappa shape index (κ2) is 15.5. The van der Waals surface area contributed by atoms with Crippen LogP contribution in [0.3, 0.4) is 0 Å². The molecule has 2 N–H and O–H groups in total. The van der Waals surface area contributed by atoms with Gasteiger partial charge in [-0.3, -0.25) is 4.79 Å². The Morgan fingerprint density at radius 2 is 1.70 bits per heavy atom. The van der Waals surface area contributed by atoms with Gasteiger partial charge >= 0.3 is 0 Å². The first-order chi connectivity index (χ1) is 19.4. The van der Waals surface area contributed by atoms with Gasteiger partial charge in [-0.15, -0.1) is 0 Å². The number of amides is 1. The number of hydrogen-bond donors (Lipinski definition) is 2. The lowest BCUT2D eigenvalue weighted by molar-refractivity contribution is -0.123. The Morgan fingerprint density at radius 1 is 1.00 bits per heavy atom. The third kappa shape index (κ3) is 9.57. The lowest BCUT2D eigenvalue weighted by Gasteiger charge is -2.35. The lowest BCUT2D eigenvalue weighted by Crippen LogP contribution is -2.46. The summed E-state index contributed by atoms with van der Waals surface area (Å²) in [5, 5.41) is 12.8. The van der Waals surface area contributed by atoms with Crippen LogP contribution in [-0.4, -0.2) is 79.3 Å². The quantitative estimate of drug-likeness (QED) is 0.371. The van der Waals surface area contributed by atoms with E-state index in [1.165, 1.54) is 18.6 Å². The third-order valence-electron chi connectivity index (χ3n) is 8.28. The standard InChI is InChI=1S/C33H48FN3O3/c1-25(2)24-40-31-12-8-28(9-13-31)32(21-26-6-10-29(34)11-7-26)33(39)35-30-14-19-36(20-15-30)17-4-18-37-16-3-5-27(22-37)23-38/h6-13,25,27,30,32,38H,3-5,14-24H2,1-2H3,(H,35,39). The van der Waals surface area contributed by atoms with Gasteiger partial charge < -0.3 is 25.0 Å². The van der Waals surface area contributed by atoms with Gasteiger partial charge in [0, 0.05) is 32.3 Å². The summed E-state index contributed by atoms with van der Waals surface area (Å²) in [5.41, 5.74) is 1.88. The van der Waals surface area contributed by atoms with E-state index in [4.69, 9.17) is 4.74 Å². The van der Waals surface area contributed by atoms with Gasteiger partial charge in [0.15, 0.2) is 0 Å². The van der Waals surface area contributed by atoms with Crippen LogP contribution in [0, 0.1) is 17.7 Å². The molecule has 2 aliphatic rings. The topological polar surface area (TPSA) is 65.0 Å². The molecule has 2 fully saturated rings. The van der Waals surface area contributed by atoms with Gasteiger partial charge in [-0.2, -0.15) is 0 Å². The van der Waals surface area contributed by atoms with E-state index in [-0.39, 0.29) is 23.7 Å². The van der Waals surface area contributed by atoms with Crippen molar-refractivity contribution >= 4 is 5.91 Å². The molecule has 2 heterocycles. The number of rotatable bonds is 13. The van der Waals surface area contributed by atoms with Crippen LogP contribution in [0.2, 0.25) is 0 Å². The monoisotopic (exact) mass is 553 g/mol. The number of aliphatic hydroxyl groups is 1. The fourth-order valence-electron chi connectivity index (χ4n) is 5.90. The highest BCUT2D eigenvalue weighted by atomic mass is 19.1. The smallest absolute Gasteiger partial charge is 0.228 e. The van der Waals surface area contributed by atoms with Gasteiger partial charge in [-0.05, 0) is 105 Å². The molecule has 2 unspecified atom stereocenters. The van der Waals surface area contributed by atoms with Crippen LogP contribution in [0.5, 0.6) is 5.75 Å². The number of carbonyl (C=O) groups is 1. The van der Waals surface area contributed by atoms with E-state index in [1.807, 2.05) is 24.3 Å². The number of aliphatic hydroxyl groups excluding tert-OH is 1. The van der Waals surface area contributed by atoms with E-state index in [0.717, 1.165) is 81.8 Å². The number of nitrogens with one attached hydrogen (secondary N) is 1. The van der Waals surface area contributed by atoms with Crippen LogP contribution in [0.1, 0.15) is 63.0 Å². The maximum absolute atomic E-state index is 13.6. The predicted molar refractivity (Wildman–Crippen MR) is 158 cm³/mol. The van der Waals surface area contributed by atoms with Gasteiger partial charge in [0.1, 0.15) is 11.6 Å². The molecular formula is C33H48FN3O3. The molecule has 40 heavy (non-hydrogen) atoms. The molecule has 0 saturated carbocycles. The Hall–Kier alpha value is -2.48. The lowest BCUT2D eigenvalue weighted by atomic mass is 9.90. The number of nitrogens with zero attached hydrogens (tertiary/aromatic N) is 2. The number of ether oxygens (including phenoxy) is 1. The largest absolute Gasteiger partial charge is 0.493 e. The Balaban J connectivity index is 1.28. The van der Waals surface area contributed by atoms with Crippen LogP contribution < -0.4 is 10.1 Å². The van der Waals surface area contributed by atoms with Gasteiger partial charge in [0.05, 0.1) is 12.5 Å². The fraction of sp³-hybridized carbons (Fsp3) is 0.606. The fourth-order valence-corrected chi connectivity index (χ4v) is 5.90. The molecule has 2 aromatic carbocycles. The zero-order valence-corrected chi connectivity index (χ0v) is 24.4. The summed E-state index contributed by atoms with van der Waals surface area (Å²) in [5.74, 6) is 1.10. The summed E-state index contributed by atoms with van der Waals surface area (Å²) in [7, 11) is 0. The molecule has 2 saturated heterocycles. The Kier molecular flexibility index (Phi) is 11.8. The molecule has 2 aromatic rings. The van der Waals surface area contributed by atoms with Gasteiger partial charge in [-0.25, -0.2) is 4.39 Å². The van der Waals surface area contributed by atoms with Gasteiger partial charge in [0.2, 0.25) is 5.91 Å². The molecule has 4 rings (SSSR count). The van der Waals surface area contributed by atoms with E-state index in [2.05, 4.69) is 29.0 Å². The SMILES string of the molecule is CC(C)COc1ccc(C(Cc2ccc(F)cc2)C(=O)NC2CCN(CCCN3CCCC(CO)C3)CC2)cc1. The highest BCUT2D eigenvalue weighted by molar-refractivity contribution is 5.84. The minimum atomic E-state index is -0.352. The average Bonchev–Trinajstić information content (AvgIpc) is 2.97. The second-order valence-corrected chi connectivity index (χ2v) is 12.1. The Morgan fingerprint density at radius 3 is 2.38 bits per heavy atom. The molecule has 1 amide bonds. The molecule has 0 aromatic heterocycles. The van der Waals surface area contributed by atoms with E-state index < -0.39 is 0 Å². The van der Waals surface area contributed by atoms with E-state index in [0.29, 0.717) is 31.5 Å². The number of benzene rings is 2. The van der Waals surface area contributed by atoms with Crippen molar-refractivity contribution in [2.45, 2.75) is 64.3 Å². The van der Waals surface area contributed by atoms with Crippen LogP contribution >= 0.6 is 0 Å². The molecule has 0 radical (unpaired) electrons. The molecule has 2 aliphatic heterocycles. The molecule has 0 spiro atoms. The third-order valence-corrected chi connectivity index (χ3v) is 8.28. The zero-order valence-electron chi connectivity index (χ0n) is 24.4. The predicted octanol–water partition coefficient (Wildman–Crippen LogP) is 4.86. The molecule has 6 nitrogen and oxygen atoms in total. The highest BCUT2D eigenvalue weighted by Crippen LogP contribution is 2.25. The van der Waals surface area contributed by atoms with Crippen molar-refractivity contribution in [2.24, 2.45) is 11.8 Å². The number of piperidine rings is 2. The van der Waals surface area contributed by atoms with Gasteiger partial charge in [-0.1, -0.05) is 38.1 Å². The van der Waals surface area contributed by atoms with Crippen LogP contribution in [0.15, 0.2) is 48.5 Å². The molecule has 0 bridgehead atoms. The van der Waals surface area contributed by atoms with Crippen molar-refractivity contribution in [1.82, 2.24) is 15.1 Å². The number of likely N-dealkylation sites (tertiary alicyclic amines) is 2. The first-order valence-electron chi connectivity index (χ1n) is 15.2. The number of carbonyl (C=O) groups excluding carboxylic acids is 1. The Bertz CT molecular complexity index is 1020. The first-order valence-corrected chi connectivity index (χ1v) is 15.2. The second-order valence-electron chi connectivity index (χ2n) is 12.1. The van der Waals surface area contributed by atoms with Crippen molar-refractivity contribution in [2.75, 3.05) is 52.5 Å². The maximum atomic E-state index is 13.6.